The van der Waals surface area contributed by atoms with E-state index >= 15 is 0 Å². The Morgan fingerprint density at radius 3 is 2.79 bits per heavy atom. The molecule has 0 bridgehead atoms. The van der Waals surface area contributed by atoms with Gasteiger partial charge in [-0.3, -0.25) is 9.69 Å². The highest BCUT2D eigenvalue weighted by Gasteiger charge is 2.12. The summed E-state index contributed by atoms with van der Waals surface area (Å²) in [6.07, 6.45) is 1.64. The minimum absolute atomic E-state index is 0.0525. The molecule has 0 atom stereocenters. The number of carbonyl (C=O) groups excluding carboxylic acids is 1. The molecule has 24 heavy (non-hydrogen) atoms. The lowest BCUT2D eigenvalue weighted by Gasteiger charge is -2.14. The summed E-state index contributed by atoms with van der Waals surface area (Å²) in [7, 11) is 1.88. The van der Waals surface area contributed by atoms with Crippen LogP contribution in [-0.4, -0.2) is 29.4 Å². The van der Waals surface area contributed by atoms with Crippen LogP contribution in [0.25, 0.3) is 10.8 Å². The summed E-state index contributed by atoms with van der Waals surface area (Å²) in [6.45, 7) is 2.85. The molecule has 124 valence electrons. The molecule has 2 aromatic heterocycles. The largest absolute Gasteiger partial charge is 0.444 e. The Balaban J connectivity index is 1.52. The van der Waals surface area contributed by atoms with E-state index < -0.39 is 0 Å². The molecule has 0 saturated carbocycles. The van der Waals surface area contributed by atoms with E-state index in [0.717, 1.165) is 21.8 Å². The lowest BCUT2D eigenvalue weighted by molar-refractivity contribution is -0.117. The predicted molar refractivity (Wildman–Crippen MR) is 96.0 cm³/mol. The number of aromatic nitrogens is 1. The second kappa shape index (κ2) is 7.42. The number of carbonyl (C=O) groups is 1. The number of likely N-dealkylation sites (N-methyl/N-ethyl adjacent to an activating group) is 1. The van der Waals surface area contributed by atoms with Crippen LogP contribution in [0.15, 0.2) is 52.5 Å². The summed E-state index contributed by atoms with van der Waals surface area (Å²) in [5.74, 6) is 0.570. The first-order valence-corrected chi connectivity index (χ1v) is 8.51. The molecule has 0 fully saturated rings. The van der Waals surface area contributed by atoms with Crippen LogP contribution in [0, 0.1) is 6.92 Å². The second-order valence-corrected chi connectivity index (χ2v) is 6.66. The van der Waals surface area contributed by atoms with E-state index in [1.807, 2.05) is 60.6 Å². The molecule has 0 aliphatic carbocycles. The number of hydrogen-bond acceptors (Lipinski definition) is 5. The van der Waals surface area contributed by atoms with Gasteiger partial charge >= 0.3 is 0 Å². The van der Waals surface area contributed by atoms with Gasteiger partial charge in [-0.15, -0.1) is 11.3 Å². The fourth-order valence-electron chi connectivity index (χ4n) is 2.31. The lowest BCUT2D eigenvalue weighted by atomic mass is 10.2. The number of amides is 1. The Morgan fingerprint density at radius 1 is 1.29 bits per heavy atom. The summed E-state index contributed by atoms with van der Waals surface area (Å²) in [4.78, 5) is 19.5. The molecule has 3 rings (SSSR count). The van der Waals surface area contributed by atoms with Crippen molar-refractivity contribution in [2.75, 3.05) is 18.9 Å². The molecule has 0 aliphatic rings. The molecule has 0 radical (unpaired) electrons. The molecule has 0 spiro atoms. The SMILES string of the molecule is Cc1ccc(NC(=O)CN(C)Cc2coc(-c3cccs3)n2)cc1. The fraction of sp³-hybridized carbons (Fsp3) is 0.222. The molecular weight excluding hydrogens is 322 g/mol. The van der Waals surface area contributed by atoms with Crippen LogP contribution >= 0.6 is 11.3 Å². The highest BCUT2D eigenvalue weighted by molar-refractivity contribution is 7.13. The average molecular weight is 341 g/mol. The van der Waals surface area contributed by atoms with Crippen LogP contribution < -0.4 is 5.32 Å². The quantitative estimate of drug-likeness (QED) is 0.741. The standard InChI is InChI=1S/C18H19N3O2S/c1-13-5-7-14(8-6-13)19-17(22)11-21(2)10-15-12-23-18(20-15)16-4-3-9-24-16/h3-9,12H,10-11H2,1-2H3,(H,19,22). The summed E-state index contributed by atoms with van der Waals surface area (Å²) >= 11 is 1.59. The molecule has 5 nitrogen and oxygen atoms in total. The van der Waals surface area contributed by atoms with Gasteiger partial charge in [0, 0.05) is 12.2 Å². The maximum absolute atomic E-state index is 12.1. The third-order valence-corrected chi connectivity index (χ3v) is 4.32. The van der Waals surface area contributed by atoms with Gasteiger partial charge in [-0.05, 0) is 37.6 Å². The van der Waals surface area contributed by atoms with Crippen molar-refractivity contribution in [3.63, 3.8) is 0 Å². The smallest absolute Gasteiger partial charge is 0.238 e. The minimum atomic E-state index is -0.0525. The maximum atomic E-state index is 12.1. The van der Waals surface area contributed by atoms with Gasteiger partial charge < -0.3 is 9.73 Å². The van der Waals surface area contributed by atoms with E-state index in [9.17, 15) is 4.79 Å². The van der Waals surface area contributed by atoms with Gasteiger partial charge in [0.15, 0.2) is 0 Å². The van der Waals surface area contributed by atoms with E-state index in [1.54, 1.807) is 17.6 Å². The van der Waals surface area contributed by atoms with Gasteiger partial charge in [-0.1, -0.05) is 23.8 Å². The van der Waals surface area contributed by atoms with Crippen LogP contribution in [0.1, 0.15) is 11.3 Å². The Bertz CT molecular complexity index is 794. The molecule has 0 saturated heterocycles. The molecule has 0 unspecified atom stereocenters. The number of oxazole rings is 1. The van der Waals surface area contributed by atoms with E-state index in [0.29, 0.717) is 12.4 Å². The molecule has 1 amide bonds. The zero-order valence-corrected chi connectivity index (χ0v) is 14.5. The zero-order chi connectivity index (χ0) is 16.9. The van der Waals surface area contributed by atoms with Crippen LogP contribution in [0.3, 0.4) is 0 Å². The van der Waals surface area contributed by atoms with E-state index in [2.05, 4.69) is 10.3 Å². The van der Waals surface area contributed by atoms with Gasteiger partial charge in [0.2, 0.25) is 11.8 Å². The zero-order valence-electron chi connectivity index (χ0n) is 13.7. The number of benzene rings is 1. The van der Waals surface area contributed by atoms with Crippen molar-refractivity contribution < 1.29 is 9.21 Å². The molecule has 6 heteroatoms. The highest BCUT2D eigenvalue weighted by Crippen LogP contribution is 2.23. The normalized spacial score (nSPS) is 11.0. The van der Waals surface area contributed by atoms with Crippen molar-refractivity contribution in [1.29, 1.82) is 0 Å². The van der Waals surface area contributed by atoms with Gasteiger partial charge in [-0.25, -0.2) is 4.98 Å². The van der Waals surface area contributed by atoms with Crippen LogP contribution in [0.2, 0.25) is 0 Å². The van der Waals surface area contributed by atoms with Crippen LogP contribution in [0.4, 0.5) is 5.69 Å². The number of thiophene rings is 1. The number of nitrogens with one attached hydrogen (secondary N) is 1. The first kappa shape index (κ1) is 16.4. The van der Waals surface area contributed by atoms with Crippen molar-refractivity contribution in [2.24, 2.45) is 0 Å². The van der Waals surface area contributed by atoms with Crippen molar-refractivity contribution in [3.8, 4) is 10.8 Å². The third-order valence-electron chi connectivity index (χ3n) is 3.46. The average Bonchev–Trinajstić information content (AvgIpc) is 3.20. The molecule has 3 aromatic rings. The Labute approximate surface area is 144 Å². The molecule has 2 heterocycles. The topological polar surface area (TPSA) is 58.4 Å². The van der Waals surface area contributed by atoms with Gasteiger partial charge in [-0.2, -0.15) is 0 Å². The second-order valence-electron chi connectivity index (χ2n) is 5.71. The molecule has 1 aromatic carbocycles. The monoisotopic (exact) mass is 341 g/mol. The van der Waals surface area contributed by atoms with E-state index in [-0.39, 0.29) is 12.5 Å². The Kier molecular flexibility index (Phi) is 5.08. The third kappa shape index (κ3) is 4.31. The van der Waals surface area contributed by atoms with Crippen molar-refractivity contribution in [2.45, 2.75) is 13.5 Å². The predicted octanol–water partition coefficient (Wildman–Crippen LogP) is 3.78. The minimum Gasteiger partial charge on any atom is -0.444 e. The number of rotatable bonds is 6. The first-order valence-electron chi connectivity index (χ1n) is 7.63. The van der Waals surface area contributed by atoms with Gasteiger partial charge in [0.1, 0.15) is 6.26 Å². The van der Waals surface area contributed by atoms with Gasteiger partial charge in [0.25, 0.3) is 0 Å². The fourth-order valence-corrected chi connectivity index (χ4v) is 2.96. The van der Waals surface area contributed by atoms with Crippen molar-refractivity contribution in [1.82, 2.24) is 9.88 Å². The highest BCUT2D eigenvalue weighted by atomic mass is 32.1. The molecule has 0 aliphatic heterocycles. The summed E-state index contributed by atoms with van der Waals surface area (Å²) in [6, 6.07) is 11.7. The van der Waals surface area contributed by atoms with Crippen molar-refractivity contribution in [3.05, 3.63) is 59.3 Å². The lowest BCUT2D eigenvalue weighted by Crippen LogP contribution is -2.29. The maximum Gasteiger partial charge on any atom is 0.238 e. The first-order chi connectivity index (χ1) is 11.6. The number of hydrogen-bond donors (Lipinski definition) is 1. The van der Waals surface area contributed by atoms with Gasteiger partial charge in [0.05, 0.1) is 17.1 Å². The van der Waals surface area contributed by atoms with Crippen LogP contribution in [-0.2, 0) is 11.3 Å². The van der Waals surface area contributed by atoms with E-state index in [1.165, 1.54) is 0 Å². The number of nitrogens with zero attached hydrogens (tertiary/aromatic N) is 2. The van der Waals surface area contributed by atoms with E-state index in [4.69, 9.17) is 4.42 Å². The summed E-state index contributed by atoms with van der Waals surface area (Å²) in [5, 5.41) is 4.88. The summed E-state index contributed by atoms with van der Waals surface area (Å²) < 4.78 is 5.49. The Morgan fingerprint density at radius 2 is 2.08 bits per heavy atom. The molecule has 1 N–H and O–H groups in total. The Hall–Kier alpha value is -2.44. The molecular formula is C18H19N3O2S. The van der Waals surface area contributed by atoms with Crippen molar-refractivity contribution >= 4 is 22.9 Å². The van der Waals surface area contributed by atoms with Crippen LogP contribution in [0.5, 0.6) is 0 Å². The number of aryl methyl sites for hydroxylation is 1. The number of anilines is 1. The summed E-state index contributed by atoms with van der Waals surface area (Å²) in [5.41, 5.74) is 2.78.